The molecule has 198 valence electrons. The van der Waals surface area contributed by atoms with Crippen LogP contribution in [0.2, 0.25) is 0 Å². The number of nitrogens with one attached hydrogen (secondary N) is 3. The van der Waals surface area contributed by atoms with E-state index in [4.69, 9.17) is 5.84 Å². The Balaban J connectivity index is 0.00000131. The van der Waals surface area contributed by atoms with Gasteiger partial charge < -0.3 is 21.0 Å². The fourth-order valence-corrected chi connectivity index (χ4v) is 3.40. The molecule has 1 aromatic carbocycles. The number of alkyl halides is 1. The largest absolute Gasteiger partial charge is 0.336 e. The zero-order valence-corrected chi connectivity index (χ0v) is 21.3. The third kappa shape index (κ3) is 14.2. The molecule has 1 aliphatic rings. The van der Waals surface area contributed by atoms with Gasteiger partial charge in [-0.2, -0.15) is 0 Å². The van der Waals surface area contributed by atoms with Crippen molar-refractivity contribution in [3.05, 3.63) is 66.0 Å². The second kappa shape index (κ2) is 18.4. The molecule has 0 saturated carbocycles. The molecule has 0 spiro atoms. The normalized spacial score (nSPS) is 15.4. The summed E-state index contributed by atoms with van der Waals surface area (Å²) in [7, 11) is 0. The topological polar surface area (TPSA) is 106 Å². The number of rotatable bonds is 12. The first-order chi connectivity index (χ1) is 16.9. The molecule has 8 nitrogen and oxygen atoms in total. The van der Waals surface area contributed by atoms with E-state index in [0.29, 0.717) is 17.8 Å². The monoisotopic (exact) mass is 492 g/mol. The molecule has 2 rings (SSSR count). The molecule has 1 unspecified atom stereocenters. The second-order valence-corrected chi connectivity index (χ2v) is 8.34. The molecule has 6 N–H and O–H groups in total. The Bertz CT molecular complexity index is 801. The van der Waals surface area contributed by atoms with Crippen LogP contribution in [0.25, 0.3) is 0 Å². The maximum Gasteiger partial charge on any atom is 0.319 e. The van der Waals surface area contributed by atoms with Crippen LogP contribution < -0.4 is 27.0 Å². The minimum Gasteiger partial charge on any atom is -0.336 e. The van der Waals surface area contributed by atoms with Crippen LogP contribution in [0.5, 0.6) is 0 Å². The van der Waals surface area contributed by atoms with Gasteiger partial charge in [0.25, 0.3) is 0 Å². The van der Waals surface area contributed by atoms with Crippen molar-refractivity contribution in [1.29, 1.82) is 0 Å². The SMILES string of the molecule is C/C(=C/C/C=C\C(/C=C(\C)NC(=O)NCCN(O)c1ccccc1)CF)NN.CCN1CCCC1.[HH]. The third-order valence-electron chi connectivity index (χ3n) is 5.43. The fourth-order valence-electron chi connectivity index (χ4n) is 3.40. The van der Waals surface area contributed by atoms with Crippen molar-refractivity contribution >= 4 is 11.7 Å². The molecule has 1 aliphatic heterocycles. The highest BCUT2D eigenvalue weighted by atomic mass is 19.1. The van der Waals surface area contributed by atoms with Crippen molar-refractivity contribution in [3.63, 3.8) is 0 Å². The summed E-state index contributed by atoms with van der Waals surface area (Å²) in [6.45, 7) is 9.62. The Morgan fingerprint density at radius 2 is 1.94 bits per heavy atom. The van der Waals surface area contributed by atoms with Crippen molar-refractivity contribution in [3.8, 4) is 0 Å². The molecule has 1 saturated heterocycles. The lowest BCUT2D eigenvalue weighted by atomic mass is 10.1. The number of hydrogen-bond donors (Lipinski definition) is 5. The van der Waals surface area contributed by atoms with Gasteiger partial charge in [-0.05, 0) is 64.9 Å². The Morgan fingerprint density at radius 3 is 2.51 bits per heavy atom. The molecular weight excluding hydrogens is 447 g/mol. The fraction of sp³-hybridized carbons (Fsp3) is 0.500. The van der Waals surface area contributed by atoms with Crippen molar-refractivity contribution in [1.82, 2.24) is 21.0 Å². The zero-order valence-electron chi connectivity index (χ0n) is 21.3. The first-order valence-electron chi connectivity index (χ1n) is 12.2. The number of allylic oxidation sites excluding steroid dienone is 6. The van der Waals surface area contributed by atoms with E-state index >= 15 is 0 Å². The number of benzene rings is 1. The third-order valence-corrected chi connectivity index (χ3v) is 5.43. The Kier molecular flexibility index (Phi) is 15.9. The Morgan fingerprint density at radius 1 is 1.26 bits per heavy atom. The number of carbonyl (C=O) groups is 1. The van der Waals surface area contributed by atoms with Gasteiger partial charge in [0.1, 0.15) is 0 Å². The number of hydrogen-bond acceptors (Lipinski definition) is 6. The maximum atomic E-state index is 13.2. The molecular formula is C26H45FN6O2. The number of amides is 2. The highest BCUT2D eigenvalue weighted by Crippen LogP contribution is 2.10. The summed E-state index contributed by atoms with van der Waals surface area (Å²) in [6, 6.07) is 8.60. The summed E-state index contributed by atoms with van der Waals surface area (Å²) in [5, 5.41) is 16.3. The van der Waals surface area contributed by atoms with Crippen LogP contribution in [0.1, 0.15) is 41.5 Å². The van der Waals surface area contributed by atoms with E-state index in [1.165, 1.54) is 32.5 Å². The zero-order chi connectivity index (χ0) is 25.9. The van der Waals surface area contributed by atoms with Gasteiger partial charge in [0.15, 0.2) is 0 Å². The summed E-state index contributed by atoms with van der Waals surface area (Å²) in [5.74, 6) is 4.83. The first-order valence-corrected chi connectivity index (χ1v) is 12.2. The molecule has 2 amide bonds. The van der Waals surface area contributed by atoms with E-state index < -0.39 is 18.6 Å². The molecule has 1 aromatic rings. The van der Waals surface area contributed by atoms with Crippen molar-refractivity contribution in [2.45, 2.75) is 40.0 Å². The molecule has 1 heterocycles. The predicted molar refractivity (Wildman–Crippen MR) is 144 cm³/mol. The molecule has 1 atom stereocenters. The number of anilines is 1. The quantitative estimate of drug-likeness (QED) is 0.169. The summed E-state index contributed by atoms with van der Waals surface area (Å²) in [6.07, 6.45) is 10.6. The first kappa shape index (κ1) is 30.2. The lowest BCUT2D eigenvalue weighted by Crippen LogP contribution is -2.39. The molecule has 9 heteroatoms. The molecule has 0 aliphatic carbocycles. The number of nitrogens with two attached hydrogens (primary N) is 1. The van der Waals surface area contributed by atoms with Gasteiger partial charge in [-0.25, -0.2) is 4.79 Å². The van der Waals surface area contributed by atoms with Crippen LogP contribution in [0.4, 0.5) is 14.9 Å². The smallest absolute Gasteiger partial charge is 0.319 e. The van der Waals surface area contributed by atoms with Gasteiger partial charge in [0, 0.05) is 25.3 Å². The average Bonchev–Trinajstić information content (AvgIpc) is 3.40. The molecule has 0 bridgehead atoms. The van der Waals surface area contributed by atoms with E-state index in [9.17, 15) is 14.4 Å². The van der Waals surface area contributed by atoms with Gasteiger partial charge in [0.2, 0.25) is 0 Å². The van der Waals surface area contributed by atoms with Gasteiger partial charge in [-0.1, -0.05) is 49.4 Å². The summed E-state index contributed by atoms with van der Waals surface area (Å²) in [5.41, 5.74) is 4.54. The van der Waals surface area contributed by atoms with E-state index in [1.54, 1.807) is 31.2 Å². The number of para-hydroxylation sites is 1. The van der Waals surface area contributed by atoms with Crippen LogP contribution in [-0.4, -0.2) is 55.5 Å². The number of hydroxylamine groups is 1. The lowest BCUT2D eigenvalue weighted by Gasteiger charge is -2.17. The van der Waals surface area contributed by atoms with Crippen LogP contribution in [0, 0.1) is 5.92 Å². The van der Waals surface area contributed by atoms with Gasteiger partial charge in [-0.3, -0.25) is 20.5 Å². The van der Waals surface area contributed by atoms with Gasteiger partial charge >= 0.3 is 6.03 Å². The number of hydrazine groups is 1. The Hall–Kier alpha value is -2.88. The van der Waals surface area contributed by atoms with Crippen LogP contribution >= 0.6 is 0 Å². The number of likely N-dealkylation sites (tertiary alicyclic amines) is 1. The maximum absolute atomic E-state index is 13.2. The van der Waals surface area contributed by atoms with Crippen molar-refractivity contribution in [2.75, 3.05) is 44.5 Å². The molecule has 0 aromatic heterocycles. The second-order valence-electron chi connectivity index (χ2n) is 8.34. The number of carbonyl (C=O) groups excluding carboxylic acids is 1. The van der Waals surface area contributed by atoms with Gasteiger partial charge in [0.05, 0.1) is 18.9 Å². The lowest BCUT2D eigenvalue weighted by molar-refractivity contribution is 0.237. The number of halogens is 1. The summed E-state index contributed by atoms with van der Waals surface area (Å²) >= 11 is 0. The minimum atomic E-state index is -0.564. The number of urea groups is 1. The average molecular weight is 493 g/mol. The number of nitrogens with zero attached hydrogens (tertiary/aromatic N) is 2. The van der Waals surface area contributed by atoms with E-state index in [-0.39, 0.29) is 14.5 Å². The van der Waals surface area contributed by atoms with E-state index in [1.807, 2.05) is 37.3 Å². The molecule has 35 heavy (non-hydrogen) atoms. The summed E-state index contributed by atoms with van der Waals surface area (Å²) in [4.78, 5) is 14.4. The van der Waals surface area contributed by atoms with Crippen LogP contribution in [0.15, 0.2) is 66.0 Å². The van der Waals surface area contributed by atoms with E-state index in [0.717, 1.165) is 10.8 Å². The van der Waals surface area contributed by atoms with Crippen LogP contribution in [0.3, 0.4) is 0 Å². The summed E-state index contributed by atoms with van der Waals surface area (Å²) < 4.78 is 13.2. The van der Waals surface area contributed by atoms with Crippen molar-refractivity contribution < 1.29 is 15.8 Å². The van der Waals surface area contributed by atoms with Gasteiger partial charge in [-0.15, -0.1) is 0 Å². The standard InChI is InChI=1S/C20H30FN5O2.C6H13N.H2/c1-16(25-22)8-6-7-9-18(15-21)14-17(2)24-20(27)23-12-13-26(28)19-10-4-3-5-11-19;1-2-7-5-3-4-6-7;/h3-5,7-11,14,18,25,28H,6,12-13,15,22H2,1-2H3,(H2,23,24,27);2-6H2,1H3;1H/b9-7-,16-8-,17-14+;;. The Labute approximate surface area is 211 Å². The minimum absolute atomic E-state index is 0. The van der Waals surface area contributed by atoms with Crippen LogP contribution in [-0.2, 0) is 0 Å². The predicted octanol–water partition coefficient (Wildman–Crippen LogP) is 4.33. The highest BCUT2D eigenvalue weighted by molar-refractivity contribution is 5.75. The molecule has 1 fully saturated rings. The van der Waals surface area contributed by atoms with Crippen molar-refractivity contribution in [2.24, 2.45) is 11.8 Å². The highest BCUT2D eigenvalue weighted by Gasteiger charge is 2.07. The van der Waals surface area contributed by atoms with E-state index in [2.05, 4.69) is 27.9 Å². The molecule has 0 radical (unpaired) electrons.